The first-order chi connectivity index (χ1) is 7.88. The van der Waals surface area contributed by atoms with E-state index in [-0.39, 0.29) is 0 Å². The Hall–Kier alpha value is -0.370. The van der Waals surface area contributed by atoms with Gasteiger partial charge in [-0.2, -0.15) is 0 Å². The molecule has 0 aromatic rings. The van der Waals surface area contributed by atoms with Crippen molar-refractivity contribution in [2.75, 3.05) is 0 Å². The SMILES string of the molecule is CCCCCC1=C(CCCCC)NSC=C1. The zero-order valence-electron chi connectivity index (χ0n) is 10.7. The van der Waals surface area contributed by atoms with E-state index in [1.54, 1.807) is 17.5 Å². The summed E-state index contributed by atoms with van der Waals surface area (Å²) >= 11 is 1.72. The van der Waals surface area contributed by atoms with Gasteiger partial charge < -0.3 is 4.72 Å². The van der Waals surface area contributed by atoms with E-state index in [0.29, 0.717) is 0 Å². The van der Waals surface area contributed by atoms with Gasteiger partial charge in [-0.3, -0.25) is 0 Å². The van der Waals surface area contributed by atoms with Gasteiger partial charge in [0.2, 0.25) is 0 Å². The van der Waals surface area contributed by atoms with Crippen molar-refractivity contribution in [3.05, 3.63) is 22.8 Å². The lowest BCUT2D eigenvalue weighted by molar-refractivity contribution is 0.682. The smallest absolute Gasteiger partial charge is 0.0246 e. The number of nitrogens with one attached hydrogen (secondary N) is 1. The van der Waals surface area contributed by atoms with Crippen LogP contribution >= 0.6 is 11.9 Å². The summed E-state index contributed by atoms with van der Waals surface area (Å²) in [4.78, 5) is 0. The summed E-state index contributed by atoms with van der Waals surface area (Å²) in [7, 11) is 0. The first-order valence-electron chi connectivity index (χ1n) is 6.68. The standard InChI is InChI=1S/C14H25NS/c1-3-5-7-9-13-11-12-16-15-14(13)10-8-6-4-2/h11-12,15H,3-10H2,1-2H3. The van der Waals surface area contributed by atoms with Crippen LogP contribution in [-0.4, -0.2) is 0 Å². The third kappa shape index (κ3) is 5.11. The molecule has 0 amide bonds. The van der Waals surface area contributed by atoms with Crippen LogP contribution in [0.2, 0.25) is 0 Å². The normalized spacial score (nSPS) is 15.4. The van der Waals surface area contributed by atoms with Gasteiger partial charge in [0, 0.05) is 5.70 Å². The maximum atomic E-state index is 3.46. The lowest BCUT2D eigenvalue weighted by Crippen LogP contribution is -2.09. The second kappa shape index (κ2) is 8.74. The molecule has 16 heavy (non-hydrogen) atoms. The van der Waals surface area contributed by atoms with E-state index < -0.39 is 0 Å². The van der Waals surface area contributed by atoms with E-state index in [2.05, 4.69) is 30.1 Å². The lowest BCUT2D eigenvalue weighted by Gasteiger charge is -2.17. The summed E-state index contributed by atoms with van der Waals surface area (Å²) in [5.41, 5.74) is 3.03. The van der Waals surface area contributed by atoms with Gasteiger partial charge in [-0.1, -0.05) is 39.5 Å². The van der Waals surface area contributed by atoms with Crippen molar-refractivity contribution in [1.82, 2.24) is 4.72 Å². The van der Waals surface area contributed by atoms with Crippen LogP contribution < -0.4 is 4.72 Å². The minimum Gasteiger partial charge on any atom is -0.330 e. The Balaban J connectivity index is 2.40. The van der Waals surface area contributed by atoms with Crippen molar-refractivity contribution < 1.29 is 0 Å². The fourth-order valence-corrected chi connectivity index (χ4v) is 2.63. The van der Waals surface area contributed by atoms with Crippen LogP contribution in [-0.2, 0) is 0 Å². The van der Waals surface area contributed by atoms with Crippen molar-refractivity contribution >= 4 is 11.9 Å². The minimum absolute atomic E-state index is 1.23. The highest BCUT2D eigenvalue weighted by Crippen LogP contribution is 2.24. The Morgan fingerprint density at radius 2 is 1.69 bits per heavy atom. The van der Waals surface area contributed by atoms with Gasteiger partial charge in [-0.15, -0.1) is 0 Å². The summed E-state index contributed by atoms with van der Waals surface area (Å²) in [5, 5.41) is 2.17. The first-order valence-corrected chi connectivity index (χ1v) is 7.56. The lowest BCUT2D eigenvalue weighted by atomic mass is 10.0. The second-order valence-electron chi connectivity index (χ2n) is 4.44. The molecule has 0 bridgehead atoms. The molecule has 1 rings (SSSR count). The Kier molecular flexibility index (Phi) is 7.48. The van der Waals surface area contributed by atoms with E-state index in [9.17, 15) is 0 Å². The molecular weight excluding hydrogens is 214 g/mol. The fraction of sp³-hybridized carbons (Fsp3) is 0.714. The monoisotopic (exact) mass is 239 g/mol. The molecule has 1 heterocycles. The van der Waals surface area contributed by atoms with Gasteiger partial charge in [-0.05, 0) is 54.7 Å². The molecule has 0 saturated heterocycles. The van der Waals surface area contributed by atoms with E-state index >= 15 is 0 Å². The maximum absolute atomic E-state index is 3.46. The van der Waals surface area contributed by atoms with Crippen molar-refractivity contribution in [3.63, 3.8) is 0 Å². The highest BCUT2D eigenvalue weighted by molar-refractivity contribution is 8.00. The third-order valence-electron chi connectivity index (χ3n) is 2.99. The van der Waals surface area contributed by atoms with Crippen LogP contribution in [0.1, 0.15) is 65.2 Å². The average molecular weight is 239 g/mol. The molecule has 0 aliphatic carbocycles. The van der Waals surface area contributed by atoms with Crippen molar-refractivity contribution in [3.8, 4) is 0 Å². The van der Waals surface area contributed by atoms with E-state index in [0.717, 1.165) is 0 Å². The topological polar surface area (TPSA) is 12.0 Å². The molecule has 92 valence electrons. The first kappa shape index (κ1) is 13.7. The summed E-state index contributed by atoms with van der Waals surface area (Å²) in [5.74, 6) is 0. The predicted octanol–water partition coefficient (Wildman–Crippen LogP) is 5.17. The molecule has 0 saturated carbocycles. The molecule has 0 atom stereocenters. The van der Waals surface area contributed by atoms with Crippen LogP contribution in [0.25, 0.3) is 0 Å². The van der Waals surface area contributed by atoms with Crippen LogP contribution in [0.4, 0.5) is 0 Å². The molecule has 2 heteroatoms. The van der Waals surface area contributed by atoms with E-state index in [1.807, 2.05) is 0 Å². The molecule has 0 spiro atoms. The molecule has 0 fully saturated rings. The van der Waals surface area contributed by atoms with Crippen LogP contribution in [0.3, 0.4) is 0 Å². The highest BCUT2D eigenvalue weighted by Gasteiger charge is 2.07. The third-order valence-corrected chi connectivity index (χ3v) is 3.62. The van der Waals surface area contributed by atoms with Crippen LogP contribution in [0.5, 0.6) is 0 Å². The van der Waals surface area contributed by atoms with Crippen LogP contribution in [0, 0.1) is 0 Å². The molecule has 0 radical (unpaired) electrons. The van der Waals surface area contributed by atoms with Crippen LogP contribution in [0.15, 0.2) is 22.8 Å². The van der Waals surface area contributed by atoms with Gasteiger partial charge in [0.25, 0.3) is 0 Å². The largest absolute Gasteiger partial charge is 0.330 e. The van der Waals surface area contributed by atoms with E-state index in [4.69, 9.17) is 0 Å². The highest BCUT2D eigenvalue weighted by atomic mass is 32.2. The van der Waals surface area contributed by atoms with Gasteiger partial charge in [0.15, 0.2) is 0 Å². The molecular formula is C14H25NS. The van der Waals surface area contributed by atoms with Crippen molar-refractivity contribution in [2.24, 2.45) is 0 Å². The number of hydrogen-bond donors (Lipinski definition) is 1. The van der Waals surface area contributed by atoms with Gasteiger partial charge >= 0.3 is 0 Å². The maximum Gasteiger partial charge on any atom is 0.0246 e. The van der Waals surface area contributed by atoms with Crippen molar-refractivity contribution in [2.45, 2.75) is 65.2 Å². The van der Waals surface area contributed by atoms with Gasteiger partial charge in [0.05, 0.1) is 0 Å². The molecule has 0 unspecified atom stereocenters. The number of unbranched alkanes of at least 4 members (excludes halogenated alkanes) is 4. The molecule has 0 aromatic heterocycles. The Bertz CT molecular complexity index is 243. The number of allylic oxidation sites excluding steroid dienone is 3. The van der Waals surface area contributed by atoms with E-state index in [1.165, 1.54) is 57.1 Å². The quantitative estimate of drug-likeness (QED) is 0.463. The minimum atomic E-state index is 1.23. The summed E-state index contributed by atoms with van der Waals surface area (Å²) in [6.07, 6.45) is 12.8. The van der Waals surface area contributed by atoms with Crippen molar-refractivity contribution in [1.29, 1.82) is 0 Å². The summed E-state index contributed by atoms with van der Waals surface area (Å²) < 4.78 is 3.46. The number of rotatable bonds is 8. The fourth-order valence-electron chi connectivity index (χ4n) is 1.95. The van der Waals surface area contributed by atoms with Gasteiger partial charge in [-0.25, -0.2) is 0 Å². The van der Waals surface area contributed by atoms with Gasteiger partial charge in [0.1, 0.15) is 0 Å². The molecule has 1 N–H and O–H groups in total. The summed E-state index contributed by atoms with van der Waals surface area (Å²) in [6.45, 7) is 4.53. The zero-order chi connectivity index (χ0) is 11.6. The predicted molar refractivity (Wildman–Crippen MR) is 75.2 cm³/mol. The Labute approximate surface area is 105 Å². The molecule has 1 aliphatic rings. The average Bonchev–Trinajstić information content (AvgIpc) is 2.32. The molecule has 1 nitrogen and oxygen atoms in total. The number of hydrogen-bond acceptors (Lipinski definition) is 2. The Morgan fingerprint density at radius 3 is 2.38 bits per heavy atom. The Morgan fingerprint density at radius 1 is 1.00 bits per heavy atom. The molecule has 1 aliphatic heterocycles. The zero-order valence-corrected chi connectivity index (χ0v) is 11.5. The second-order valence-corrected chi connectivity index (χ2v) is 5.15. The molecule has 0 aromatic carbocycles. The summed E-state index contributed by atoms with van der Waals surface area (Å²) in [6, 6.07) is 0.